The van der Waals surface area contributed by atoms with Gasteiger partial charge >= 0.3 is 0 Å². The van der Waals surface area contributed by atoms with E-state index in [-0.39, 0.29) is 0 Å². The minimum Gasteiger partial charge on any atom is -0.467 e. The van der Waals surface area contributed by atoms with Gasteiger partial charge in [-0.15, -0.1) is 0 Å². The van der Waals surface area contributed by atoms with Crippen molar-refractivity contribution in [3.05, 3.63) is 48.2 Å². The van der Waals surface area contributed by atoms with Crippen LogP contribution in [0.25, 0.3) is 0 Å². The minimum absolute atomic E-state index is 0.649. The summed E-state index contributed by atoms with van der Waals surface area (Å²) in [4.78, 5) is 6.58. The Morgan fingerprint density at radius 2 is 2.19 bits per heavy atom. The number of furan rings is 1. The predicted molar refractivity (Wildman–Crippen MR) is 86.2 cm³/mol. The van der Waals surface area contributed by atoms with Crippen molar-refractivity contribution in [2.75, 3.05) is 18.0 Å². The average molecular weight is 287 g/mol. The molecule has 114 valence electrons. The molecule has 0 aliphatic carbocycles. The Balaban J connectivity index is 2.09. The molecule has 0 saturated carbocycles. The van der Waals surface area contributed by atoms with Crippen LogP contribution in [0.5, 0.6) is 0 Å². The summed E-state index contributed by atoms with van der Waals surface area (Å²) in [7, 11) is 0. The number of hydrogen-bond donors (Lipinski definition) is 1. The summed E-state index contributed by atoms with van der Waals surface area (Å²) in [5.41, 5.74) is 2.45. The second kappa shape index (κ2) is 7.84. The molecule has 0 radical (unpaired) electrons. The van der Waals surface area contributed by atoms with Crippen LogP contribution >= 0.6 is 0 Å². The number of pyridine rings is 1. The van der Waals surface area contributed by atoms with Crippen molar-refractivity contribution in [3.8, 4) is 0 Å². The predicted octanol–water partition coefficient (Wildman–Crippen LogP) is 3.45. The molecule has 0 bridgehead atoms. The van der Waals surface area contributed by atoms with E-state index in [1.165, 1.54) is 11.3 Å². The van der Waals surface area contributed by atoms with Crippen molar-refractivity contribution in [2.45, 2.75) is 33.9 Å². The Bertz CT molecular complexity index is 523. The van der Waals surface area contributed by atoms with Crippen molar-refractivity contribution in [2.24, 2.45) is 5.92 Å². The molecule has 0 atom stereocenters. The average Bonchev–Trinajstić information content (AvgIpc) is 2.98. The lowest BCUT2D eigenvalue weighted by molar-refractivity contribution is 0.503. The number of hydrogen-bond acceptors (Lipinski definition) is 4. The summed E-state index contributed by atoms with van der Waals surface area (Å²) < 4.78 is 5.47. The molecule has 0 aliphatic heterocycles. The SMILES string of the molecule is CCN(Cc1ccco1)c1ccncc1CNCC(C)C. The van der Waals surface area contributed by atoms with E-state index in [4.69, 9.17) is 4.42 Å². The maximum absolute atomic E-state index is 5.47. The van der Waals surface area contributed by atoms with E-state index in [0.29, 0.717) is 5.92 Å². The molecule has 21 heavy (non-hydrogen) atoms. The zero-order valence-corrected chi connectivity index (χ0v) is 13.2. The van der Waals surface area contributed by atoms with Gasteiger partial charge < -0.3 is 14.6 Å². The molecule has 2 rings (SSSR count). The summed E-state index contributed by atoms with van der Waals surface area (Å²) in [5.74, 6) is 1.63. The Kier molecular flexibility index (Phi) is 5.81. The summed E-state index contributed by atoms with van der Waals surface area (Å²) in [6.07, 6.45) is 5.53. The lowest BCUT2D eigenvalue weighted by Crippen LogP contribution is -2.25. The van der Waals surface area contributed by atoms with Gasteiger partial charge in [-0.25, -0.2) is 0 Å². The molecule has 0 spiro atoms. The molecule has 4 nitrogen and oxygen atoms in total. The lowest BCUT2D eigenvalue weighted by Gasteiger charge is -2.24. The number of rotatable bonds is 8. The molecule has 0 unspecified atom stereocenters. The second-order valence-corrected chi connectivity index (χ2v) is 5.62. The highest BCUT2D eigenvalue weighted by molar-refractivity contribution is 5.52. The fourth-order valence-electron chi connectivity index (χ4n) is 2.32. The highest BCUT2D eigenvalue weighted by Crippen LogP contribution is 2.21. The number of anilines is 1. The summed E-state index contributed by atoms with van der Waals surface area (Å²) in [6.45, 7) is 10.2. The van der Waals surface area contributed by atoms with Crippen LogP contribution in [0, 0.1) is 5.92 Å². The minimum atomic E-state index is 0.649. The van der Waals surface area contributed by atoms with Gasteiger partial charge in [0.05, 0.1) is 12.8 Å². The van der Waals surface area contributed by atoms with Crippen LogP contribution in [0.3, 0.4) is 0 Å². The van der Waals surface area contributed by atoms with Crippen LogP contribution in [0.1, 0.15) is 32.1 Å². The van der Waals surface area contributed by atoms with Crippen molar-refractivity contribution in [3.63, 3.8) is 0 Å². The third kappa shape index (κ3) is 4.60. The Morgan fingerprint density at radius 1 is 1.33 bits per heavy atom. The Labute approximate surface area is 127 Å². The van der Waals surface area contributed by atoms with Gasteiger partial charge in [0.25, 0.3) is 0 Å². The number of nitrogens with zero attached hydrogens (tertiary/aromatic N) is 2. The van der Waals surface area contributed by atoms with Gasteiger partial charge in [0.2, 0.25) is 0 Å². The number of nitrogens with one attached hydrogen (secondary N) is 1. The molecule has 0 amide bonds. The van der Waals surface area contributed by atoms with E-state index >= 15 is 0 Å². The molecule has 0 aromatic carbocycles. The monoisotopic (exact) mass is 287 g/mol. The van der Waals surface area contributed by atoms with Crippen molar-refractivity contribution in [1.82, 2.24) is 10.3 Å². The first kappa shape index (κ1) is 15.6. The van der Waals surface area contributed by atoms with Crippen LogP contribution in [0.15, 0.2) is 41.3 Å². The first-order chi connectivity index (χ1) is 10.2. The van der Waals surface area contributed by atoms with Gasteiger partial charge in [0, 0.05) is 36.7 Å². The summed E-state index contributed by atoms with van der Waals surface area (Å²) >= 11 is 0. The molecule has 2 heterocycles. The Hall–Kier alpha value is -1.81. The molecule has 1 N–H and O–H groups in total. The van der Waals surface area contributed by atoms with E-state index in [2.05, 4.69) is 42.0 Å². The molecule has 0 saturated heterocycles. The third-order valence-corrected chi connectivity index (χ3v) is 3.40. The van der Waals surface area contributed by atoms with Crippen LogP contribution in [-0.2, 0) is 13.1 Å². The maximum Gasteiger partial charge on any atom is 0.123 e. The molecule has 2 aromatic rings. The van der Waals surface area contributed by atoms with Crippen molar-refractivity contribution in [1.29, 1.82) is 0 Å². The number of aromatic nitrogens is 1. The van der Waals surface area contributed by atoms with Crippen LogP contribution < -0.4 is 10.2 Å². The van der Waals surface area contributed by atoms with E-state index in [1.54, 1.807) is 6.26 Å². The normalized spacial score (nSPS) is 11.0. The van der Waals surface area contributed by atoms with E-state index in [1.807, 2.05) is 24.5 Å². The molecule has 2 aromatic heterocycles. The van der Waals surface area contributed by atoms with E-state index in [0.717, 1.165) is 31.9 Å². The van der Waals surface area contributed by atoms with Gasteiger partial charge in [-0.3, -0.25) is 4.98 Å². The Morgan fingerprint density at radius 3 is 2.86 bits per heavy atom. The molecule has 0 aliphatic rings. The van der Waals surface area contributed by atoms with Gasteiger partial charge in [-0.2, -0.15) is 0 Å². The highest BCUT2D eigenvalue weighted by Gasteiger charge is 2.11. The third-order valence-electron chi connectivity index (χ3n) is 3.40. The molecule has 4 heteroatoms. The molecular formula is C17H25N3O. The summed E-state index contributed by atoms with van der Waals surface area (Å²) in [6, 6.07) is 6.03. The first-order valence-corrected chi connectivity index (χ1v) is 7.61. The van der Waals surface area contributed by atoms with Gasteiger partial charge in [0.1, 0.15) is 5.76 Å². The second-order valence-electron chi connectivity index (χ2n) is 5.62. The molecule has 0 fully saturated rings. The summed E-state index contributed by atoms with van der Waals surface area (Å²) in [5, 5.41) is 3.49. The zero-order chi connectivity index (χ0) is 15.1. The van der Waals surface area contributed by atoms with Gasteiger partial charge in [0.15, 0.2) is 0 Å². The van der Waals surface area contributed by atoms with Crippen molar-refractivity contribution < 1.29 is 4.42 Å². The van der Waals surface area contributed by atoms with Gasteiger partial charge in [-0.05, 0) is 37.6 Å². The van der Waals surface area contributed by atoms with Crippen molar-refractivity contribution >= 4 is 5.69 Å². The smallest absolute Gasteiger partial charge is 0.123 e. The fraction of sp³-hybridized carbons (Fsp3) is 0.471. The van der Waals surface area contributed by atoms with Crippen LogP contribution in [0.2, 0.25) is 0 Å². The highest BCUT2D eigenvalue weighted by atomic mass is 16.3. The molecular weight excluding hydrogens is 262 g/mol. The van der Waals surface area contributed by atoms with E-state index < -0.39 is 0 Å². The standard InChI is InChI=1S/C17H25N3O/c1-4-20(13-16-6-5-9-21-16)17-7-8-18-11-15(17)12-19-10-14(2)3/h5-9,11,14,19H,4,10,12-13H2,1-3H3. The lowest BCUT2D eigenvalue weighted by atomic mass is 10.2. The van der Waals surface area contributed by atoms with E-state index in [9.17, 15) is 0 Å². The fourth-order valence-corrected chi connectivity index (χ4v) is 2.32. The van der Waals surface area contributed by atoms with Gasteiger partial charge in [-0.1, -0.05) is 13.8 Å². The van der Waals surface area contributed by atoms with Crippen LogP contribution in [0.4, 0.5) is 5.69 Å². The first-order valence-electron chi connectivity index (χ1n) is 7.61. The largest absolute Gasteiger partial charge is 0.467 e. The maximum atomic E-state index is 5.47. The zero-order valence-electron chi connectivity index (χ0n) is 13.2. The quantitative estimate of drug-likeness (QED) is 0.807. The topological polar surface area (TPSA) is 41.3 Å². The van der Waals surface area contributed by atoms with Crippen LogP contribution in [-0.4, -0.2) is 18.1 Å².